The Morgan fingerprint density at radius 1 is 1.12 bits per heavy atom. The number of aliphatic hydroxyl groups is 1. The highest BCUT2D eigenvalue weighted by Crippen LogP contribution is 2.30. The normalized spacial score (nSPS) is 16.1. The molecule has 3 aromatic rings. The largest absolute Gasteiger partial charge is 0.411 e. The van der Waals surface area contributed by atoms with E-state index in [9.17, 15) is 23.1 Å². The number of aryl methyl sites for hydroxylation is 1. The Morgan fingerprint density at radius 2 is 1.82 bits per heavy atom. The van der Waals surface area contributed by atoms with Crippen molar-refractivity contribution in [3.05, 3.63) is 81.8 Å². The molecule has 1 fully saturated rings. The predicted octanol–water partition coefficient (Wildman–Crippen LogP) is 4.40. The second-order valence-electron chi connectivity index (χ2n) is 12.8. The van der Waals surface area contributed by atoms with Crippen LogP contribution in [0, 0.1) is 18.8 Å². The van der Waals surface area contributed by atoms with Crippen LogP contribution in [0.15, 0.2) is 70.0 Å². The van der Waals surface area contributed by atoms with Gasteiger partial charge in [0.1, 0.15) is 6.04 Å². The van der Waals surface area contributed by atoms with Gasteiger partial charge in [0.05, 0.1) is 40.5 Å². The van der Waals surface area contributed by atoms with Crippen molar-refractivity contribution in [1.82, 2.24) is 24.8 Å². The summed E-state index contributed by atoms with van der Waals surface area (Å²) in [4.78, 5) is 33.2. The van der Waals surface area contributed by atoms with E-state index < -0.39 is 40.1 Å². The van der Waals surface area contributed by atoms with E-state index in [4.69, 9.17) is 5.21 Å². The number of sulfonamides is 1. The first-order chi connectivity index (χ1) is 23.4. The lowest BCUT2D eigenvalue weighted by Crippen LogP contribution is -2.58. The Labute approximate surface area is 293 Å². The number of hydrogen-bond acceptors (Lipinski definition) is 9. The smallest absolute Gasteiger partial charge is 0.318 e. The number of thiazole rings is 1. The van der Waals surface area contributed by atoms with Gasteiger partial charge in [-0.15, -0.1) is 11.3 Å². The van der Waals surface area contributed by atoms with Crippen LogP contribution in [0.2, 0.25) is 0 Å². The quantitative estimate of drug-likeness (QED) is 0.0916. The second kappa shape index (κ2) is 17.7. The molecule has 1 saturated carbocycles. The molecule has 0 spiro atoms. The number of aliphatic hydroxyl groups excluding tert-OH is 1. The molecule has 0 aliphatic heterocycles. The Bertz CT molecular complexity index is 1650. The molecule has 2 aromatic carbocycles. The number of carbonyl (C=O) groups excluding carboxylic acids is 2. The topological polar surface area (TPSA) is 165 Å². The number of aromatic nitrogens is 1. The molecule has 4 rings (SSSR count). The number of carbonyl (C=O) groups is 2. The number of nitrogens with one attached hydrogen (secondary N) is 2. The van der Waals surface area contributed by atoms with Crippen molar-refractivity contribution < 1.29 is 28.3 Å². The lowest BCUT2D eigenvalue weighted by Gasteiger charge is -2.35. The molecule has 1 heterocycles. The molecule has 266 valence electrons. The van der Waals surface area contributed by atoms with Crippen LogP contribution in [0.5, 0.6) is 0 Å². The van der Waals surface area contributed by atoms with Crippen LogP contribution in [0.1, 0.15) is 61.4 Å². The van der Waals surface area contributed by atoms with Gasteiger partial charge in [0.15, 0.2) is 0 Å². The van der Waals surface area contributed by atoms with Gasteiger partial charge < -0.3 is 25.8 Å². The summed E-state index contributed by atoms with van der Waals surface area (Å²) in [6.07, 6.45) is 3.59. The third kappa shape index (κ3) is 10.6. The van der Waals surface area contributed by atoms with E-state index in [1.807, 2.05) is 56.5 Å². The molecule has 0 bridgehead atoms. The van der Waals surface area contributed by atoms with E-state index >= 15 is 0 Å². The maximum absolute atomic E-state index is 14.0. The van der Waals surface area contributed by atoms with Gasteiger partial charge in [-0.1, -0.05) is 74.3 Å². The summed E-state index contributed by atoms with van der Waals surface area (Å²) in [5, 5.41) is 32.3. The molecule has 1 aliphatic carbocycles. The monoisotopic (exact) mass is 712 g/mol. The van der Waals surface area contributed by atoms with E-state index in [1.54, 1.807) is 19.2 Å². The average molecular weight is 713 g/mol. The van der Waals surface area contributed by atoms with E-state index in [-0.39, 0.29) is 42.8 Å². The third-order valence-electron chi connectivity index (χ3n) is 9.08. The SMILES string of the molecule is CC[C@H](C)[C@@H](NC(=O)N(C)Cc1csc(C)n1)C(=O)N[C@@H](Cc1ccccc1)C(O)CN(CC1CCC1)S(=O)(=O)c1ccc(/C=N/O)cc1. The molecule has 4 N–H and O–H groups in total. The van der Waals surface area contributed by atoms with Gasteiger partial charge >= 0.3 is 6.03 Å². The van der Waals surface area contributed by atoms with Crippen molar-refractivity contribution in [1.29, 1.82) is 0 Å². The summed E-state index contributed by atoms with van der Waals surface area (Å²) in [6, 6.07) is 13.1. The van der Waals surface area contributed by atoms with Crippen LogP contribution in [-0.4, -0.2) is 89.4 Å². The zero-order chi connectivity index (χ0) is 35.6. The van der Waals surface area contributed by atoms with Crippen molar-refractivity contribution in [2.45, 2.75) is 82.5 Å². The highest BCUT2D eigenvalue weighted by molar-refractivity contribution is 7.89. The molecule has 12 nitrogen and oxygen atoms in total. The fraction of sp³-hybridized carbons (Fsp3) is 0.486. The maximum Gasteiger partial charge on any atom is 0.318 e. The van der Waals surface area contributed by atoms with Crippen LogP contribution in [0.4, 0.5) is 4.79 Å². The number of nitrogens with zero attached hydrogens (tertiary/aromatic N) is 4. The minimum Gasteiger partial charge on any atom is -0.411 e. The molecule has 0 saturated heterocycles. The van der Waals surface area contributed by atoms with Crippen molar-refractivity contribution >= 4 is 39.5 Å². The summed E-state index contributed by atoms with van der Waals surface area (Å²) < 4.78 is 29.2. The zero-order valence-electron chi connectivity index (χ0n) is 28.5. The van der Waals surface area contributed by atoms with Crippen molar-refractivity contribution in [2.75, 3.05) is 20.1 Å². The molecule has 1 aromatic heterocycles. The van der Waals surface area contributed by atoms with E-state index in [2.05, 4.69) is 20.8 Å². The summed E-state index contributed by atoms with van der Waals surface area (Å²) in [7, 11) is -2.39. The van der Waals surface area contributed by atoms with Gasteiger partial charge in [0, 0.05) is 25.5 Å². The standard InChI is InChI=1S/C35H48N6O6S2/c1-5-24(2)33(39-35(44)40(4)21-29-23-48-25(3)37-29)34(43)38-31(18-26-10-7-6-8-11-26)32(42)22-41(20-28-12-9-13-28)49(46,47)30-16-14-27(15-17-30)19-36-45/h6-8,10-11,14-17,19,23-24,28,31-33,42,45H,5,9,12-13,18,20-22H2,1-4H3,(H,38,43)(H,39,44)/b36-19+/t24-,31-,32?,33+/m0/s1. The highest BCUT2D eigenvalue weighted by Gasteiger charge is 2.35. The Morgan fingerprint density at radius 3 is 2.39 bits per heavy atom. The van der Waals surface area contributed by atoms with Crippen molar-refractivity contribution in [3.63, 3.8) is 0 Å². The molecule has 14 heteroatoms. The first-order valence-electron chi connectivity index (χ1n) is 16.6. The first kappa shape index (κ1) is 38.0. The Balaban J connectivity index is 1.56. The number of oxime groups is 1. The summed E-state index contributed by atoms with van der Waals surface area (Å²) in [6.45, 7) is 5.98. The average Bonchev–Trinajstić information content (AvgIpc) is 3.48. The number of urea groups is 1. The van der Waals surface area contributed by atoms with E-state index in [0.29, 0.717) is 12.0 Å². The van der Waals surface area contributed by atoms with Gasteiger partial charge in [0.25, 0.3) is 0 Å². The lowest BCUT2D eigenvalue weighted by molar-refractivity contribution is -0.125. The Kier molecular flexibility index (Phi) is 13.7. The summed E-state index contributed by atoms with van der Waals surface area (Å²) >= 11 is 1.50. The first-order valence-corrected chi connectivity index (χ1v) is 19.0. The minimum absolute atomic E-state index is 0.0502. The number of hydrogen-bond donors (Lipinski definition) is 4. The maximum atomic E-state index is 14.0. The molecular weight excluding hydrogens is 665 g/mol. The van der Waals surface area contributed by atoms with Gasteiger partial charge in [-0.3, -0.25) is 4.79 Å². The fourth-order valence-electron chi connectivity index (χ4n) is 5.68. The minimum atomic E-state index is -4.03. The Hall–Kier alpha value is -3.85. The molecule has 49 heavy (non-hydrogen) atoms. The summed E-state index contributed by atoms with van der Waals surface area (Å²) in [5.74, 6) is -0.530. The molecule has 1 aliphatic rings. The molecule has 4 atom stereocenters. The van der Waals surface area contributed by atoms with E-state index in [0.717, 1.165) is 35.5 Å². The van der Waals surface area contributed by atoms with Gasteiger partial charge in [0.2, 0.25) is 15.9 Å². The van der Waals surface area contributed by atoms with Gasteiger partial charge in [-0.05, 0) is 61.3 Å². The number of amides is 3. The highest BCUT2D eigenvalue weighted by atomic mass is 32.2. The fourth-order valence-corrected chi connectivity index (χ4v) is 7.81. The van der Waals surface area contributed by atoms with Crippen LogP contribution in [0.3, 0.4) is 0 Å². The second-order valence-corrected chi connectivity index (χ2v) is 15.8. The van der Waals surface area contributed by atoms with Crippen molar-refractivity contribution in [3.8, 4) is 0 Å². The van der Waals surface area contributed by atoms with Gasteiger partial charge in [-0.2, -0.15) is 4.31 Å². The molecule has 3 amide bonds. The summed E-state index contributed by atoms with van der Waals surface area (Å²) in [5.41, 5.74) is 2.14. The van der Waals surface area contributed by atoms with Crippen LogP contribution < -0.4 is 10.6 Å². The predicted molar refractivity (Wildman–Crippen MR) is 190 cm³/mol. The van der Waals surface area contributed by atoms with Crippen LogP contribution >= 0.6 is 11.3 Å². The van der Waals surface area contributed by atoms with Crippen molar-refractivity contribution in [2.24, 2.45) is 17.0 Å². The third-order valence-corrected chi connectivity index (χ3v) is 11.7. The number of rotatable bonds is 17. The molecule has 1 unspecified atom stereocenters. The molecule has 0 radical (unpaired) electrons. The van der Waals surface area contributed by atoms with Crippen LogP contribution in [-0.2, 0) is 27.8 Å². The molecular formula is C35H48N6O6S2. The van der Waals surface area contributed by atoms with Gasteiger partial charge in [-0.25, -0.2) is 18.2 Å². The van der Waals surface area contributed by atoms with Crippen LogP contribution in [0.25, 0.3) is 0 Å². The number of benzene rings is 2. The lowest BCUT2D eigenvalue weighted by atomic mass is 9.85. The zero-order valence-corrected chi connectivity index (χ0v) is 30.2. The van der Waals surface area contributed by atoms with E-state index in [1.165, 1.54) is 38.9 Å².